The summed E-state index contributed by atoms with van der Waals surface area (Å²) in [5.41, 5.74) is 0.777. The van der Waals surface area contributed by atoms with Crippen LogP contribution in [0.4, 0.5) is 0 Å². The van der Waals surface area contributed by atoms with Crippen LogP contribution in [0, 0.1) is 0 Å². The fourth-order valence-corrected chi connectivity index (χ4v) is 3.09. The van der Waals surface area contributed by atoms with Crippen molar-refractivity contribution in [2.75, 3.05) is 0 Å². The molecule has 0 unspecified atom stereocenters. The van der Waals surface area contributed by atoms with Gasteiger partial charge in [-0.3, -0.25) is 0 Å². The van der Waals surface area contributed by atoms with Crippen molar-refractivity contribution in [3.8, 4) is 0 Å². The maximum absolute atomic E-state index is 11.8. The molecule has 17 heavy (non-hydrogen) atoms. The molecule has 1 aromatic heterocycles. The molecule has 1 N–H and O–H groups in total. The van der Waals surface area contributed by atoms with Gasteiger partial charge >= 0.3 is 0 Å². The summed E-state index contributed by atoms with van der Waals surface area (Å²) in [7, 11) is -3.29. The number of nitrogens with one attached hydrogen (secondary N) is 1. The number of thiazole rings is 1. The first kappa shape index (κ1) is 12.2. The molecule has 0 aliphatic rings. The summed E-state index contributed by atoms with van der Waals surface area (Å²) in [4.78, 5) is 4.02. The maximum atomic E-state index is 11.8. The summed E-state index contributed by atoms with van der Waals surface area (Å²) in [6.45, 7) is 0.257. The van der Waals surface area contributed by atoms with Crippen LogP contribution in [0.15, 0.2) is 41.9 Å². The van der Waals surface area contributed by atoms with Crippen molar-refractivity contribution in [2.24, 2.45) is 0 Å². The zero-order valence-corrected chi connectivity index (χ0v) is 10.7. The van der Waals surface area contributed by atoms with Gasteiger partial charge in [0, 0.05) is 11.6 Å². The number of hydrogen-bond donors (Lipinski definition) is 1. The molecule has 0 amide bonds. The summed E-state index contributed by atoms with van der Waals surface area (Å²) >= 11 is 1.43. The van der Waals surface area contributed by atoms with Gasteiger partial charge in [0.1, 0.15) is 5.01 Å². The molecule has 0 bridgehead atoms. The molecule has 0 spiro atoms. The van der Waals surface area contributed by atoms with E-state index in [9.17, 15) is 8.42 Å². The van der Waals surface area contributed by atoms with E-state index in [0.717, 1.165) is 10.6 Å². The average Bonchev–Trinajstić information content (AvgIpc) is 2.80. The topological polar surface area (TPSA) is 59.1 Å². The molecule has 0 saturated carbocycles. The second-order valence-electron chi connectivity index (χ2n) is 3.49. The molecule has 0 aliphatic carbocycles. The molecule has 2 aromatic rings. The van der Waals surface area contributed by atoms with Crippen molar-refractivity contribution in [2.45, 2.75) is 12.3 Å². The first-order valence-electron chi connectivity index (χ1n) is 5.05. The minimum atomic E-state index is -3.29. The van der Waals surface area contributed by atoms with Crippen LogP contribution in [0.1, 0.15) is 10.6 Å². The molecule has 0 aliphatic heterocycles. The minimum absolute atomic E-state index is 0.000779. The van der Waals surface area contributed by atoms with Gasteiger partial charge in [-0.25, -0.2) is 18.1 Å². The van der Waals surface area contributed by atoms with E-state index < -0.39 is 10.0 Å². The van der Waals surface area contributed by atoms with Gasteiger partial charge < -0.3 is 0 Å². The van der Waals surface area contributed by atoms with E-state index in [2.05, 4.69) is 9.71 Å². The van der Waals surface area contributed by atoms with E-state index in [0.29, 0.717) is 0 Å². The number of nitrogens with zero attached hydrogens (tertiary/aromatic N) is 1. The fraction of sp³-hybridized carbons (Fsp3) is 0.182. The van der Waals surface area contributed by atoms with Gasteiger partial charge in [-0.2, -0.15) is 0 Å². The first-order valence-corrected chi connectivity index (χ1v) is 7.58. The van der Waals surface area contributed by atoms with Gasteiger partial charge in [-0.05, 0) is 5.56 Å². The monoisotopic (exact) mass is 268 g/mol. The Morgan fingerprint density at radius 1 is 1.24 bits per heavy atom. The highest BCUT2D eigenvalue weighted by atomic mass is 32.2. The lowest BCUT2D eigenvalue weighted by molar-refractivity contribution is 0.580. The third-order valence-corrected chi connectivity index (χ3v) is 4.20. The van der Waals surface area contributed by atoms with Crippen LogP contribution in [0.5, 0.6) is 0 Å². The molecular formula is C11H12N2O2S2. The van der Waals surface area contributed by atoms with Crippen LogP contribution in [0.3, 0.4) is 0 Å². The van der Waals surface area contributed by atoms with Crippen LogP contribution >= 0.6 is 11.3 Å². The third-order valence-electron chi connectivity index (χ3n) is 2.13. The van der Waals surface area contributed by atoms with Gasteiger partial charge in [-0.1, -0.05) is 30.3 Å². The Kier molecular flexibility index (Phi) is 3.88. The number of sulfonamides is 1. The van der Waals surface area contributed by atoms with Crippen molar-refractivity contribution < 1.29 is 8.42 Å². The predicted octanol–water partition coefficient (Wildman–Crippen LogP) is 1.76. The molecule has 0 saturated heterocycles. The Morgan fingerprint density at radius 3 is 2.65 bits per heavy atom. The SMILES string of the molecule is O=S(=O)(Cc1ccccc1)NCc1nccs1. The molecular weight excluding hydrogens is 256 g/mol. The Bertz CT molecular complexity index is 550. The summed E-state index contributed by atoms with van der Waals surface area (Å²) in [6, 6.07) is 9.10. The lowest BCUT2D eigenvalue weighted by Crippen LogP contribution is -2.24. The molecule has 4 nitrogen and oxygen atoms in total. The summed E-state index contributed by atoms with van der Waals surface area (Å²) in [6.07, 6.45) is 1.66. The van der Waals surface area contributed by atoms with Crippen LogP contribution in [-0.2, 0) is 22.3 Å². The van der Waals surface area contributed by atoms with Gasteiger partial charge in [0.25, 0.3) is 0 Å². The van der Waals surface area contributed by atoms with E-state index in [1.807, 2.05) is 23.6 Å². The number of rotatable bonds is 5. The molecule has 2 rings (SSSR count). The highest BCUT2D eigenvalue weighted by Crippen LogP contribution is 2.07. The average molecular weight is 268 g/mol. The van der Waals surface area contributed by atoms with Gasteiger partial charge in [0.2, 0.25) is 10.0 Å². The Balaban J connectivity index is 1.96. The number of hydrogen-bond acceptors (Lipinski definition) is 4. The molecule has 0 fully saturated rings. The molecule has 0 atom stereocenters. The zero-order valence-electron chi connectivity index (χ0n) is 9.04. The third kappa shape index (κ3) is 3.92. The quantitative estimate of drug-likeness (QED) is 0.899. The van der Waals surface area contributed by atoms with E-state index in [4.69, 9.17) is 0 Å². The van der Waals surface area contributed by atoms with E-state index in [1.54, 1.807) is 18.3 Å². The van der Waals surface area contributed by atoms with Gasteiger partial charge in [0.05, 0.1) is 12.3 Å². The van der Waals surface area contributed by atoms with Gasteiger partial charge in [-0.15, -0.1) is 11.3 Å². The normalized spacial score (nSPS) is 11.5. The maximum Gasteiger partial charge on any atom is 0.216 e. The molecule has 6 heteroatoms. The first-order chi connectivity index (χ1) is 8.16. The Labute approximate surface area is 104 Å². The van der Waals surface area contributed by atoms with E-state index in [-0.39, 0.29) is 12.3 Å². The van der Waals surface area contributed by atoms with E-state index in [1.165, 1.54) is 11.3 Å². The fourth-order valence-electron chi connectivity index (χ4n) is 1.36. The lowest BCUT2D eigenvalue weighted by Gasteiger charge is -2.04. The Hall–Kier alpha value is -1.24. The van der Waals surface area contributed by atoms with Crippen LogP contribution < -0.4 is 4.72 Å². The summed E-state index contributed by atoms with van der Waals surface area (Å²) in [5.74, 6) is -0.000779. The predicted molar refractivity (Wildman–Crippen MR) is 68.0 cm³/mol. The number of benzene rings is 1. The highest BCUT2D eigenvalue weighted by Gasteiger charge is 2.11. The minimum Gasteiger partial charge on any atom is -0.248 e. The standard InChI is InChI=1S/C11H12N2O2S2/c14-17(15,9-10-4-2-1-3-5-10)13-8-11-12-6-7-16-11/h1-7,13H,8-9H2. The molecule has 90 valence electrons. The van der Waals surface area contributed by atoms with Crippen molar-refractivity contribution in [1.29, 1.82) is 0 Å². The summed E-state index contributed by atoms with van der Waals surface area (Å²) in [5, 5.41) is 2.59. The second-order valence-corrected chi connectivity index (χ2v) is 6.28. The number of aromatic nitrogens is 1. The van der Waals surface area contributed by atoms with Gasteiger partial charge in [0.15, 0.2) is 0 Å². The molecule has 1 heterocycles. The lowest BCUT2D eigenvalue weighted by atomic mass is 10.2. The van der Waals surface area contributed by atoms with Crippen LogP contribution in [0.2, 0.25) is 0 Å². The largest absolute Gasteiger partial charge is 0.248 e. The summed E-state index contributed by atoms with van der Waals surface area (Å²) < 4.78 is 26.1. The van der Waals surface area contributed by atoms with Crippen molar-refractivity contribution in [3.63, 3.8) is 0 Å². The van der Waals surface area contributed by atoms with Crippen LogP contribution in [0.25, 0.3) is 0 Å². The van der Waals surface area contributed by atoms with Crippen molar-refractivity contribution in [3.05, 3.63) is 52.5 Å². The highest BCUT2D eigenvalue weighted by molar-refractivity contribution is 7.88. The van der Waals surface area contributed by atoms with E-state index >= 15 is 0 Å². The van der Waals surface area contributed by atoms with Crippen LogP contribution in [-0.4, -0.2) is 13.4 Å². The van der Waals surface area contributed by atoms with Crippen molar-refractivity contribution >= 4 is 21.4 Å². The zero-order chi connectivity index (χ0) is 12.1. The smallest absolute Gasteiger partial charge is 0.216 e. The second kappa shape index (κ2) is 5.39. The van der Waals surface area contributed by atoms with Crippen molar-refractivity contribution in [1.82, 2.24) is 9.71 Å². The Morgan fingerprint density at radius 2 is 2.00 bits per heavy atom. The molecule has 0 radical (unpaired) electrons. The molecule has 1 aromatic carbocycles.